The molecular formula is C24H27BrN2O3. The van der Waals surface area contributed by atoms with Crippen LogP contribution in [-0.4, -0.2) is 19.3 Å². The highest BCUT2D eigenvalue weighted by atomic mass is 79.9. The Bertz CT molecular complexity index is 902. The highest BCUT2D eigenvalue weighted by molar-refractivity contribution is 9.10. The van der Waals surface area contributed by atoms with Crippen molar-refractivity contribution < 1.29 is 14.3 Å². The Labute approximate surface area is 187 Å². The standard InChI is InChI=1S/C18H16BrNO3.C4H6.C2H5N/c1-22-18(21)16-17(23-11-12-6-3-2-4-7-12)13-8-5-9-15(19)14(13)10-20-16;1-3-4-2;1-2-3/h2-9,20H,10-11H2,1H3;1H,4H2,2H3;2-3H,1H3. The fourth-order valence-electron chi connectivity index (χ4n) is 2.49. The first kappa shape index (κ1) is 25.0. The van der Waals surface area contributed by atoms with Gasteiger partial charge in [-0.3, -0.25) is 0 Å². The number of esters is 1. The van der Waals surface area contributed by atoms with Crippen molar-refractivity contribution in [2.24, 2.45) is 0 Å². The highest BCUT2D eigenvalue weighted by Gasteiger charge is 2.26. The van der Waals surface area contributed by atoms with E-state index in [1.165, 1.54) is 13.3 Å². The average molecular weight is 471 g/mol. The van der Waals surface area contributed by atoms with E-state index in [9.17, 15) is 4.79 Å². The summed E-state index contributed by atoms with van der Waals surface area (Å²) in [5.74, 6) is 2.52. The first-order valence-corrected chi connectivity index (χ1v) is 10.2. The minimum atomic E-state index is -0.432. The average Bonchev–Trinajstić information content (AvgIpc) is 2.78. The molecule has 1 aliphatic rings. The van der Waals surface area contributed by atoms with Gasteiger partial charge in [0, 0.05) is 23.0 Å². The van der Waals surface area contributed by atoms with E-state index < -0.39 is 5.97 Å². The van der Waals surface area contributed by atoms with Gasteiger partial charge in [-0.2, -0.15) is 0 Å². The molecule has 6 heteroatoms. The first-order chi connectivity index (χ1) is 14.5. The molecule has 2 N–H and O–H groups in total. The molecule has 3 rings (SSSR count). The number of carbonyl (C=O) groups is 1. The van der Waals surface area contributed by atoms with Crippen LogP contribution in [0.1, 0.15) is 37.0 Å². The van der Waals surface area contributed by atoms with Gasteiger partial charge >= 0.3 is 5.97 Å². The molecule has 0 unspecified atom stereocenters. The van der Waals surface area contributed by atoms with E-state index in [1.54, 1.807) is 6.92 Å². The smallest absolute Gasteiger partial charge is 0.358 e. The van der Waals surface area contributed by atoms with Crippen molar-refractivity contribution >= 4 is 33.9 Å². The van der Waals surface area contributed by atoms with Gasteiger partial charge in [-0.05, 0) is 30.3 Å². The van der Waals surface area contributed by atoms with Gasteiger partial charge in [-0.1, -0.05) is 65.3 Å². The number of halogens is 1. The van der Waals surface area contributed by atoms with Crippen LogP contribution < -0.4 is 5.32 Å². The van der Waals surface area contributed by atoms with E-state index >= 15 is 0 Å². The molecule has 0 atom stereocenters. The highest BCUT2D eigenvalue weighted by Crippen LogP contribution is 2.32. The predicted molar refractivity (Wildman–Crippen MR) is 125 cm³/mol. The number of benzene rings is 2. The number of carbonyl (C=O) groups excluding carboxylic acids is 1. The number of ether oxygens (including phenoxy) is 2. The van der Waals surface area contributed by atoms with E-state index in [4.69, 9.17) is 21.3 Å². The largest absolute Gasteiger partial charge is 0.486 e. The summed E-state index contributed by atoms with van der Waals surface area (Å²) in [5.41, 5.74) is 3.35. The Balaban J connectivity index is 0.000000564. The van der Waals surface area contributed by atoms with Crippen LogP contribution in [0.2, 0.25) is 0 Å². The maximum absolute atomic E-state index is 12.0. The van der Waals surface area contributed by atoms with Crippen LogP contribution >= 0.6 is 15.9 Å². The van der Waals surface area contributed by atoms with Crippen molar-refractivity contribution in [2.75, 3.05) is 7.11 Å². The molecule has 0 radical (unpaired) electrons. The quantitative estimate of drug-likeness (QED) is 0.361. The number of terminal acetylenes is 1. The molecule has 30 heavy (non-hydrogen) atoms. The minimum Gasteiger partial charge on any atom is -0.486 e. The summed E-state index contributed by atoms with van der Waals surface area (Å²) in [4.78, 5) is 12.0. The molecule has 0 saturated heterocycles. The maximum Gasteiger partial charge on any atom is 0.358 e. The first-order valence-electron chi connectivity index (χ1n) is 9.43. The Hall–Kier alpha value is -3.04. The van der Waals surface area contributed by atoms with Crippen LogP contribution in [-0.2, 0) is 27.4 Å². The van der Waals surface area contributed by atoms with Crippen LogP contribution in [0.3, 0.4) is 0 Å². The number of nitrogens with one attached hydrogen (secondary N) is 2. The zero-order valence-electron chi connectivity index (χ0n) is 17.5. The Morgan fingerprint density at radius 3 is 2.47 bits per heavy atom. The van der Waals surface area contributed by atoms with E-state index in [0.29, 0.717) is 24.6 Å². The number of rotatable bonds is 4. The van der Waals surface area contributed by atoms with Crippen molar-refractivity contribution in [3.63, 3.8) is 0 Å². The molecule has 0 fully saturated rings. The molecule has 5 nitrogen and oxygen atoms in total. The summed E-state index contributed by atoms with van der Waals surface area (Å²) in [5, 5.41) is 9.19. The van der Waals surface area contributed by atoms with Crippen LogP contribution in [0, 0.1) is 17.8 Å². The van der Waals surface area contributed by atoms with Crippen molar-refractivity contribution in [2.45, 2.75) is 33.4 Å². The topological polar surface area (TPSA) is 71.4 Å². The summed E-state index contributed by atoms with van der Waals surface area (Å²) in [6, 6.07) is 15.7. The lowest BCUT2D eigenvalue weighted by molar-refractivity contribution is -0.136. The van der Waals surface area contributed by atoms with Gasteiger partial charge in [0.1, 0.15) is 6.61 Å². The lowest BCUT2D eigenvalue weighted by Crippen LogP contribution is -2.28. The Morgan fingerprint density at radius 1 is 1.27 bits per heavy atom. The molecule has 0 aliphatic carbocycles. The Kier molecular flexibility index (Phi) is 11.7. The predicted octanol–water partition coefficient (Wildman–Crippen LogP) is 5.30. The molecule has 158 valence electrons. The van der Waals surface area contributed by atoms with Crippen LogP contribution in [0.4, 0.5) is 0 Å². The van der Waals surface area contributed by atoms with E-state index in [1.807, 2.05) is 55.5 Å². The third-order valence-corrected chi connectivity index (χ3v) is 4.60. The molecule has 0 bridgehead atoms. The second kappa shape index (κ2) is 14.0. The zero-order chi connectivity index (χ0) is 22.4. The summed E-state index contributed by atoms with van der Waals surface area (Å²) >= 11 is 3.55. The van der Waals surface area contributed by atoms with Gasteiger partial charge in [0.05, 0.1) is 7.11 Å². The fraction of sp³-hybridized carbons (Fsp3) is 0.250. The van der Waals surface area contributed by atoms with E-state index in [2.05, 4.69) is 27.2 Å². The molecule has 0 spiro atoms. The summed E-state index contributed by atoms with van der Waals surface area (Å²) in [6.45, 7) is 4.53. The van der Waals surface area contributed by atoms with Crippen molar-refractivity contribution in [1.29, 1.82) is 5.41 Å². The number of hydrogen-bond acceptors (Lipinski definition) is 5. The van der Waals surface area contributed by atoms with Crippen molar-refractivity contribution in [1.82, 2.24) is 5.32 Å². The van der Waals surface area contributed by atoms with Gasteiger partial charge in [0.25, 0.3) is 0 Å². The van der Waals surface area contributed by atoms with Crippen molar-refractivity contribution in [3.8, 4) is 12.3 Å². The van der Waals surface area contributed by atoms with Crippen molar-refractivity contribution in [3.05, 3.63) is 75.4 Å². The number of methoxy groups -OCH3 is 1. The molecule has 0 amide bonds. The second-order valence-corrected chi connectivity index (χ2v) is 6.79. The van der Waals surface area contributed by atoms with Crippen LogP contribution in [0.25, 0.3) is 5.76 Å². The third-order valence-electron chi connectivity index (χ3n) is 3.85. The molecule has 1 heterocycles. The number of fused-ring (bicyclic) bond motifs is 1. The lowest BCUT2D eigenvalue weighted by Gasteiger charge is -2.24. The van der Waals surface area contributed by atoms with Gasteiger partial charge in [-0.25, -0.2) is 4.79 Å². The van der Waals surface area contributed by atoms with Gasteiger partial charge < -0.3 is 20.2 Å². The Morgan fingerprint density at radius 2 is 1.90 bits per heavy atom. The summed E-state index contributed by atoms with van der Waals surface area (Å²) < 4.78 is 11.8. The summed E-state index contributed by atoms with van der Waals surface area (Å²) in [7, 11) is 1.36. The summed E-state index contributed by atoms with van der Waals surface area (Å²) in [6.07, 6.45) is 6.88. The van der Waals surface area contributed by atoms with Crippen LogP contribution in [0.15, 0.2) is 58.7 Å². The van der Waals surface area contributed by atoms with Gasteiger partial charge in [0.15, 0.2) is 11.5 Å². The van der Waals surface area contributed by atoms with Gasteiger partial charge in [0.2, 0.25) is 0 Å². The molecule has 2 aromatic rings. The van der Waals surface area contributed by atoms with Gasteiger partial charge in [-0.15, -0.1) is 12.3 Å². The molecule has 1 aliphatic heterocycles. The molecule has 0 saturated carbocycles. The molecule has 0 aromatic heterocycles. The maximum atomic E-state index is 12.0. The van der Waals surface area contributed by atoms with E-state index in [-0.39, 0.29) is 0 Å². The zero-order valence-corrected chi connectivity index (χ0v) is 19.1. The molecule has 2 aromatic carbocycles. The monoisotopic (exact) mass is 470 g/mol. The van der Waals surface area contributed by atoms with E-state index in [0.717, 1.165) is 27.6 Å². The number of hydrogen-bond donors (Lipinski definition) is 2. The SMILES string of the molecule is C#CCC.CC=N.COC(=O)C1=C(OCc2ccccc2)c2cccc(Br)c2CN1. The van der Waals surface area contributed by atoms with Crippen LogP contribution in [0.5, 0.6) is 0 Å². The third kappa shape index (κ3) is 7.41. The molecular weight excluding hydrogens is 444 g/mol. The minimum absolute atomic E-state index is 0.356. The lowest BCUT2D eigenvalue weighted by atomic mass is 10.0. The normalized spacial score (nSPS) is 11.2. The fourth-order valence-corrected chi connectivity index (χ4v) is 3.00. The second-order valence-electron chi connectivity index (χ2n) is 5.94.